The van der Waals surface area contributed by atoms with Crippen molar-refractivity contribution in [1.82, 2.24) is 0 Å². The minimum absolute atomic E-state index is 0. The Morgan fingerprint density at radius 2 is 1.60 bits per heavy atom. The third-order valence-electron chi connectivity index (χ3n) is 0.439. The molecule has 0 unspecified atom stereocenters. The van der Waals surface area contributed by atoms with Crippen LogP contribution in [0.25, 0.3) is 0 Å². The van der Waals surface area contributed by atoms with E-state index in [4.69, 9.17) is 0 Å². The van der Waals surface area contributed by atoms with E-state index in [9.17, 15) is 0 Å². The fourth-order valence-electron chi connectivity index (χ4n) is 0.0472. The van der Waals surface area contributed by atoms with Gasteiger partial charge < -0.3 is 15.9 Å². The molecule has 0 radical (unpaired) electrons. The van der Waals surface area contributed by atoms with E-state index in [2.05, 4.69) is 15.9 Å². The van der Waals surface area contributed by atoms with Gasteiger partial charge in [-0.25, -0.2) is 0 Å². The predicted molar refractivity (Wildman–Crippen MR) is 21.4 cm³/mol. The second kappa shape index (κ2) is 2.29. The van der Waals surface area contributed by atoms with E-state index < -0.39 is 0 Å². The first-order valence-corrected chi connectivity index (χ1v) is 2.19. The van der Waals surface area contributed by atoms with E-state index >= 15 is 0 Å². The van der Waals surface area contributed by atoms with Gasteiger partial charge in [0, 0.05) is 0 Å². The molecule has 0 aromatic carbocycles. The fraction of sp³-hybridized carbons (Fsp3) is 0.667. The Balaban J connectivity index is 0.000000160. The van der Waals surface area contributed by atoms with Crippen LogP contribution in [0.5, 0.6) is 0 Å². The maximum Gasteiger partial charge on any atom is 1.00 e. The van der Waals surface area contributed by atoms with Gasteiger partial charge in [0.1, 0.15) is 0 Å². The molecule has 2 heteroatoms. The second-order valence-electron chi connectivity index (χ2n) is 1.02. The molecule has 1 aliphatic rings. The summed E-state index contributed by atoms with van der Waals surface area (Å²) in [5, 5.41) is 0. The minimum atomic E-state index is 0. The molecule has 1 saturated carbocycles. The molecule has 1 rings (SSSR count). The fourth-order valence-corrected chi connectivity index (χ4v) is 0.245. The van der Waals surface area contributed by atoms with Gasteiger partial charge in [-0.2, -0.15) is 12.8 Å². The quantitative estimate of drug-likeness (QED) is 0.280. The average Bonchev–Trinajstić information content (AvgIpc) is 1.75. The summed E-state index contributed by atoms with van der Waals surface area (Å²) in [6, 6.07) is 0. The van der Waals surface area contributed by atoms with Gasteiger partial charge >= 0.3 is 18.9 Å². The smallest absolute Gasteiger partial charge is 0.317 e. The summed E-state index contributed by atoms with van der Waals surface area (Å²) < 4.78 is 0. The summed E-state index contributed by atoms with van der Waals surface area (Å²) in [4.78, 5) is 1.48. The molecule has 0 aromatic rings. The molecular weight excluding hydrogens is 123 g/mol. The van der Waals surface area contributed by atoms with Gasteiger partial charge in [0.2, 0.25) is 0 Å². The Hall–Kier alpha value is 1.08. The van der Waals surface area contributed by atoms with Gasteiger partial charge in [0.15, 0.2) is 0 Å². The molecule has 0 aliphatic heterocycles. The Morgan fingerprint density at radius 1 is 1.40 bits per heavy atom. The Morgan fingerprint density at radius 3 is 1.60 bits per heavy atom. The largest absolute Gasteiger partial charge is 1.00 e. The Bertz CT molecular complexity index is 26.1. The van der Waals surface area contributed by atoms with Crippen LogP contribution in [0.15, 0.2) is 0 Å². The van der Waals surface area contributed by atoms with Gasteiger partial charge in [-0.15, -0.1) is 0 Å². The van der Waals surface area contributed by atoms with Crippen molar-refractivity contribution in [2.24, 2.45) is 0 Å². The van der Waals surface area contributed by atoms with Gasteiger partial charge in [0.25, 0.3) is 0 Å². The molecule has 0 atom stereocenters. The first-order valence-electron chi connectivity index (χ1n) is 1.40. The van der Waals surface area contributed by atoms with E-state index in [1.54, 1.807) is 0 Å². The zero-order chi connectivity index (χ0) is 2.99. The molecule has 0 bridgehead atoms. The molecule has 0 heterocycles. The van der Waals surface area contributed by atoms with E-state index in [0.717, 1.165) is 0 Å². The van der Waals surface area contributed by atoms with Crippen molar-refractivity contribution in [3.63, 3.8) is 0 Å². The van der Waals surface area contributed by atoms with Gasteiger partial charge in [-0.05, 0) is 0 Å². The molecular formula is C3H4BrLi. The SMILES string of the molecule is Br[C-]1CC1.[Li+]. The normalized spacial score (nSPS) is 21.0. The molecule has 0 N–H and O–H groups in total. The van der Waals surface area contributed by atoms with Crippen LogP contribution in [0.2, 0.25) is 0 Å². The molecule has 0 aromatic heterocycles. The molecule has 0 nitrogen and oxygen atoms in total. The minimum Gasteiger partial charge on any atom is -0.317 e. The van der Waals surface area contributed by atoms with Crippen LogP contribution in [0.4, 0.5) is 0 Å². The van der Waals surface area contributed by atoms with E-state index in [1.807, 2.05) is 0 Å². The molecule has 0 amide bonds. The first kappa shape index (κ1) is 6.08. The topological polar surface area (TPSA) is 0 Å². The third kappa shape index (κ3) is 2.89. The maximum atomic E-state index is 3.30. The van der Waals surface area contributed by atoms with Gasteiger partial charge in [-0.3, -0.25) is 4.83 Å². The summed E-state index contributed by atoms with van der Waals surface area (Å²) >= 11 is 3.30. The maximum absolute atomic E-state index is 3.30. The number of hydrogen-bond donors (Lipinski definition) is 0. The molecule has 1 aliphatic carbocycles. The van der Waals surface area contributed by atoms with Crippen LogP contribution in [-0.2, 0) is 0 Å². The molecule has 5 heavy (non-hydrogen) atoms. The van der Waals surface area contributed by atoms with Crippen molar-refractivity contribution in [3.05, 3.63) is 4.83 Å². The summed E-state index contributed by atoms with van der Waals surface area (Å²) in [5.41, 5.74) is 0. The summed E-state index contributed by atoms with van der Waals surface area (Å²) in [6.45, 7) is 0. The predicted octanol–water partition coefficient (Wildman–Crippen LogP) is -1.29. The zero-order valence-electron chi connectivity index (χ0n) is 3.29. The third-order valence-corrected chi connectivity index (χ3v) is 1.23. The average molecular weight is 127 g/mol. The summed E-state index contributed by atoms with van der Waals surface area (Å²) in [6.07, 6.45) is 2.64. The molecule has 0 spiro atoms. The molecule has 0 saturated heterocycles. The van der Waals surface area contributed by atoms with E-state index in [-0.39, 0.29) is 18.9 Å². The van der Waals surface area contributed by atoms with Crippen molar-refractivity contribution in [3.8, 4) is 0 Å². The van der Waals surface area contributed by atoms with Gasteiger partial charge in [0.05, 0.1) is 0 Å². The van der Waals surface area contributed by atoms with Crippen LogP contribution >= 0.6 is 15.9 Å². The van der Waals surface area contributed by atoms with Crippen molar-refractivity contribution < 1.29 is 18.9 Å². The second-order valence-corrected chi connectivity index (χ2v) is 2.14. The zero-order valence-corrected chi connectivity index (χ0v) is 4.88. The summed E-state index contributed by atoms with van der Waals surface area (Å²) in [5.74, 6) is 0. The summed E-state index contributed by atoms with van der Waals surface area (Å²) in [7, 11) is 0. The number of halogens is 1. The molecule has 1 fully saturated rings. The van der Waals surface area contributed by atoms with Crippen molar-refractivity contribution in [2.45, 2.75) is 12.8 Å². The number of rotatable bonds is 0. The van der Waals surface area contributed by atoms with Gasteiger partial charge in [-0.1, -0.05) is 0 Å². The Labute approximate surface area is 52.6 Å². The Kier molecular flexibility index (Phi) is 2.78. The van der Waals surface area contributed by atoms with Crippen LogP contribution in [-0.4, -0.2) is 0 Å². The van der Waals surface area contributed by atoms with Crippen LogP contribution in [0.3, 0.4) is 0 Å². The van der Waals surface area contributed by atoms with Crippen LogP contribution < -0.4 is 18.9 Å². The monoisotopic (exact) mass is 126 g/mol. The van der Waals surface area contributed by atoms with Crippen molar-refractivity contribution >= 4 is 15.9 Å². The van der Waals surface area contributed by atoms with E-state index in [1.165, 1.54) is 17.7 Å². The number of hydrogen-bond acceptors (Lipinski definition) is 0. The standard InChI is InChI=1S/C3H4Br.Li/c4-3-1-2-3;/h1-2H2;/q-1;+1. The van der Waals surface area contributed by atoms with E-state index in [0.29, 0.717) is 0 Å². The van der Waals surface area contributed by atoms with Crippen molar-refractivity contribution in [2.75, 3.05) is 0 Å². The van der Waals surface area contributed by atoms with Crippen molar-refractivity contribution in [1.29, 1.82) is 0 Å². The van der Waals surface area contributed by atoms with Crippen LogP contribution in [0.1, 0.15) is 12.8 Å². The molecule has 24 valence electrons. The first-order chi connectivity index (χ1) is 1.89. The van der Waals surface area contributed by atoms with Crippen LogP contribution in [0, 0.1) is 4.83 Å².